The molecule has 32 heavy (non-hydrogen) atoms. The van der Waals surface area contributed by atoms with Gasteiger partial charge in [0.1, 0.15) is 5.84 Å². The second kappa shape index (κ2) is 8.11. The molecule has 1 N–H and O–H groups in total. The van der Waals surface area contributed by atoms with Gasteiger partial charge in [-0.1, -0.05) is 13.8 Å². The van der Waals surface area contributed by atoms with Crippen molar-refractivity contribution in [2.24, 2.45) is 0 Å². The molecule has 0 bridgehead atoms. The largest absolute Gasteiger partial charge is 0.490 e. The second-order valence-electron chi connectivity index (χ2n) is 9.02. The van der Waals surface area contributed by atoms with E-state index in [0.29, 0.717) is 23.5 Å². The van der Waals surface area contributed by atoms with Crippen LogP contribution in [0.4, 0.5) is 10.1 Å². The zero-order valence-corrected chi connectivity index (χ0v) is 19.3. The molecule has 0 aromatic heterocycles. The van der Waals surface area contributed by atoms with Crippen molar-refractivity contribution in [3.8, 4) is 11.5 Å². The summed E-state index contributed by atoms with van der Waals surface area (Å²) in [6.07, 6.45) is 0. The number of nitrogens with zero attached hydrogens (tertiary/aromatic N) is 2. The van der Waals surface area contributed by atoms with E-state index in [1.165, 1.54) is 0 Å². The molecule has 0 aliphatic carbocycles. The summed E-state index contributed by atoms with van der Waals surface area (Å²) in [5, 5.41) is 8.53. The Balaban J connectivity index is 1.59. The summed E-state index contributed by atoms with van der Waals surface area (Å²) < 4.78 is 26.3. The van der Waals surface area contributed by atoms with Gasteiger partial charge in [0.2, 0.25) is 0 Å². The van der Waals surface area contributed by atoms with Crippen molar-refractivity contribution < 1.29 is 18.7 Å². The molecule has 2 aliphatic heterocycles. The van der Waals surface area contributed by atoms with Crippen LogP contribution in [0.2, 0.25) is 0 Å². The Morgan fingerprint density at radius 2 is 1.91 bits per heavy atom. The molecule has 6 nitrogen and oxygen atoms in total. The molecular formula is C25H30FN3O3. The van der Waals surface area contributed by atoms with Crippen LogP contribution < -0.4 is 14.4 Å². The number of fused-ring (bicyclic) bond motifs is 2. The third-order valence-electron chi connectivity index (χ3n) is 6.20. The normalized spacial score (nSPS) is 16.2. The number of hydrogen-bond donors (Lipinski definition) is 1. The zero-order valence-electron chi connectivity index (χ0n) is 19.3. The number of likely N-dealkylation sites (N-methyl/N-ethyl adjacent to an activating group) is 1. The minimum absolute atomic E-state index is 0.00363. The molecule has 2 heterocycles. The van der Waals surface area contributed by atoms with Crippen LogP contribution >= 0.6 is 0 Å². The summed E-state index contributed by atoms with van der Waals surface area (Å²) in [6.45, 7) is 9.79. The maximum absolute atomic E-state index is 15.2. The van der Waals surface area contributed by atoms with Gasteiger partial charge in [0.15, 0.2) is 23.1 Å². The Hall–Kier alpha value is -3.09. The molecule has 2 aliphatic rings. The Kier molecular flexibility index (Phi) is 5.61. The monoisotopic (exact) mass is 439 g/mol. The highest BCUT2D eigenvalue weighted by Gasteiger charge is 2.35. The first-order valence-corrected chi connectivity index (χ1v) is 11.0. The van der Waals surface area contributed by atoms with Crippen molar-refractivity contribution in [3.05, 3.63) is 52.3 Å². The first-order valence-electron chi connectivity index (χ1n) is 11.0. The van der Waals surface area contributed by atoms with Gasteiger partial charge in [-0.05, 0) is 49.2 Å². The highest BCUT2D eigenvalue weighted by atomic mass is 19.1. The number of rotatable bonds is 7. The highest BCUT2D eigenvalue weighted by Crippen LogP contribution is 2.41. The molecule has 4 rings (SSSR count). The molecule has 0 saturated heterocycles. The molecule has 2 aromatic carbocycles. The van der Waals surface area contributed by atoms with Crippen LogP contribution in [0.25, 0.3) is 0 Å². The van der Waals surface area contributed by atoms with Crippen molar-refractivity contribution in [1.29, 1.82) is 5.41 Å². The minimum atomic E-state index is -0.602. The molecule has 0 atom stereocenters. The van der Waals surface area contributed by atoms with E-state index in [4.69, 9.17) is 14.9 Å². The van der Waals surface area contributed by atoms with Gasteiger partial charge in [-0.3, -0.25) is 10.2 Å². The number of Topliss-reactive ketones (excluding diaryl/α,β-unsaturated/α-hetero) is 1. The number of ketones is 1. The number of benzene rings is 2. The number of hydrogen-bond acceptors (Lipinski definition) is 5. The van der Waals surface area contributed by atoms with Crippen molar-refractivity contribution in [3.63, 3.8) is 0 Å². The first-order chi connectivity index (χ1) is 15.2. The number of amidine groups is 1. The van der Waals surface area contributed by atoms with E-state index >= 15 is 4.39 Å². The quantitative estimate of drug-likeness (QED) is 0.649. The van der Waals surface area contributed by atoms with E-state index in [2.05, 4.69) is 25.8 Å². The Labute approximate surface area is 188 Å². The summed E-state index contributed by atoms with van der Waals surface area (Å²) in [6, 6.07) is 7.52. The van der Waals surface area contributed by atoms with Crippen LogP contribution in [0, 0.1) is 11.2 Å². The van der Waals surface area contributed by atoms with Crippen molar-refractivity contribution >= 4 is 17.3 Å². The topological polar surface area (TPSA) is 65.9 Å². The molecule has 7 heteroatoms. The van der Waals surface area contributed by atoms with Gasteiger partial charge in [-0.15, -0.1) is 0 Å². The molecule has 0 unspecified atom stereocenters. The van der Waals surface area contributed by atoms with E-state index in [1.807, 2.05) is 25.1 Å². The van der Waals surface area contributed by atoms with Crippen LogP contribution in [-0.2, 0) is 12.0 Å². The summed E-state index contributed by atoms with van der Waals surface area (Å²) >= 11 is 0. The highest BCUT2D eigenvalue weighted by molar-refractivity contribution is 6.06. The lowest BCUT2D eigenvalue weighted by Gasteiger charge is -2.19. The van der Waals surface area contributed by atoms with Crippen LogP contribution in [0.5, 0.6) is 11.5 Å². The molecule has 0 spiro atoms. The first kappa shape index (κ1) is 22.1. The van der Waals surface area contributed by atoms with Crippen molar-refractivity contribution in [2.45, 2.75) is 39.7 Å². The van der Waals surface area contributed by atoms with Gasteiger partial charge in [0, 0.05) is 36.8 Å². The number of ether oxygens (including phenoxy) is 2. The average molecular weight is 440 g/mol. The standard InChI is InChI=1S/C25H30FN3O3/c1-6-31-20-11-16-12-29(24(27)21(16)22(26)23(20)32-7-2)13-19(30)15-8-9-18-17(10-15)25(3,4)14-28(18)5/h8-11,27H,6-7,12-14H2,1-5H3. The fourth-order valence-electron chi connectivity index (χ4n) is 4.77. The van der Waals surface area contributed by atoms with Crippen LogP contribution in [0.3, 0.4) is 0 Å². The predicted octanol–water partition coefficient (Wildman–Crippen LogP) is 4.37. The third-order valence-corrected chi connectivity index (χ3v) is 6.20. The second-order valence-corrected chi connectivity index (χ2v) is 9.02. The number of carbonyl (C=O) groups is 1. The summed E-state index contributed by atoms with van der Waals surface area (Å²) in [7, 11) is 2.05. The Morgan fingerprint density at radius 1 is 1.19 bits per heavy atom. The molecule has 0 saturated carbocycles. The Bertz CT molecular complexity index is 1100. The number of halogens is 1. The molecule has 2 aromatic rings. The molecule has 0 fully saturated rings. The fourth-order valence-corrected chi connectivity index (χ4v) is 4.77. The van der Waals surface area contributed by atoms with Gasteiger partial charge in [0.05, 0.1) is 25.3 Å². The lowest BCUT2D eigenvalue weighted by atomic mass is 9.86. The van der Waals surface area contributed by atoms with Crippen molar-refractivity contribution in [1.82, 2.24) is 4.90 Å². The average Bonchev–Trinajstić information content (AvgIpc) is 3.17. The fraction of sp³-hybridized carbons (Fsp3) is 0.440. The van der Waals surface area contributed by atoms with Gasteiger partial charge >= 0.3 is 0 Å². The number of carbonyl (C=O) groups excluding carboxylic acids is 1. The minimum Gasteiger partial charge on any atom is -0.490 e. The maximum atomic E-state index is 15.2. The third kappa shape index (κ3) is 3.59. The SMILES string of the molecule is CCOc1cc2c(c(F)c1OCC)C(=N)N(CC(=O)c1ccc3c(c1)C(C)(C)CN3C)C2. The van der Waals surface area contributed by atoms with Gasteiger partial charge in [-0.25, -0.2) is 4.39 Å². The van der Waals surface area contributed by atoms with E-state index in [9.17, 15) is 4.79 Å². The van der Waals surface area contributed by atoms with E-state index in [-0.39, 0.29) is 48.0 Å². The smallest absolute Gasteiger partial charge is 0.197 e. The Morgan fingerprint density at radius 3 is 2.59 bits per heavy atom. The van der Waals surface area contributed by atoms with Gasteiger partial charge < -0.3 is 19.3 Å². The summed E-state index contributed by atoms with van der Waals surface area (Å²) in [4.78, 5) is 16.9. The lowest BCUT2D eigenvalue weighted by molar-refractivity contribution is 0.0962. The summed E-state index contributed by atoms with van der Waals surface area (Å²) in [5.41, 5.74) is 3.68. The maximum Gasteiger partial charge on any atom is 0.197 e. The van der Waals surface area contributed by atoms with E-state index in [0.717, 1.165) is 17.8 Å². The lowest BCUT2D eigenvalue weighted by Crippen LogP contribution is -2.30. The molecular weight excluding hydrogens is 409 g/mol. The van der Waals surface area contributed by atoms with Crippen LogP contribution in [0.1, 0.15) is 54.7 Å². The van der Waals surface area contributed by atoms with Gasteiger partial charge in [0.25, 0.3) is 0 Å². The zero-order chi connectivity index (χ0) is 23.2. The van der Waals surface area contributed by atoms with E-state index in [1.54, 1.807) is 17.9 Å². The van der Waals surface area contributed by atoms with Gasteiger partial charge in [-0.2, -0.15) is 0 Å². The molecule has 0 amide bonds. The van der Waals surface area contributed by atoms with Crippen molar-refractivity contribution in [2.75, 3.05) is 38.3 Å². The summed E-state index contributed by atoms with van der Waals surface area (Å²) in [5.74, 6) is -0.343. The van der Waals surface area contributed by atoms with Crippen LogP contribution in [-0.4, -0.2) is 49.9 Å². The number of anilines is 1. The molecule has 170 valence electrons. The number of nitrogens with one attached hydrogen (secondary N) is 1. The van der Waals surface area contributed by atoms with Crippen LogP contribution in [0.15, 0.2) is 24.3 Å². The molecule has 0 radical (unpaired) electrons. The van der Waals surface area contributed by atoms with E-state index < -0.39 is 5.82 Å². The predicted molar refractivity (Wildman–Crippen MR) is 123 cm³/mol.